The zero-order valence-corrected chi connectivity index (χ0v) is 19.0. The summed E-state index contributed by atoms with van der Waals surface area (Å²) in [6.07, 6.45) is 19.6. The molecule has 166 valence electrons. The molecule has 5 nitrogen and oxygen atoms in total. The normalized spacial score (nSPS) is 16.8. The summed E-state index contributed by atoms with van der Waals surface area (Å²) in [7, 11) is -3.48. The van der Waals surface area contributed by atoms with Crippen molar-refractivity contribution < 1.29 is 17.4 Å². The minimum absolute atomic E-state index is 0.0286. The second-order valence-corrected chi connectivity index (χ2v) is 10.2. The van der Waals surface area contributed by atoms with E-state index in [4.69, 9.17) is 4.18 Å². The van der Waals surface area contributed by atoms with Gasteiger partial charge in [-0.25, -0.2) is 0 Å². The predicted octanol–water partition coefficient (Wildman–Crippen LogP) is 5.34. The Morgan fingerprint density at radius 2 is 1.54 bits per heavy atom. The fourth-order valence-corrected chi connectivity index (χ4v) is 4.51. The van der Waals surface area contributed by atoms with Crippen molar-refractivity contribution in [1.29, 1.82) is 0 Å². The van der Waals surface area contributed by atoms with Gasteiger partial charge in [-0.3, -0.25) is 8.98 Å². The van der Waals surface area contributed by atoms with Gasteiger partial charge in [-0.05, 0) is 18.8 Å². The van der Waals surface area contributed by atoms with Crippen molar-refractivity contribution >= 4 is 16.0 Å². The summed E-state index contributed by atoms with van der Waals surface area (Å²) in [6, 6.07) is -0.205. The molecule has 0 radical (unpaired) electrons. The Balaban J connectivity index is 2.23. The van der Waals surface area contributed by atoms with E-state index < -0.39 is 10.1 Å². The standard InChI is InChI=1S/C22H43NO4S/c1-3-4-5-6-7-8-9-10-14-17-22(24)23-21(19-27-28(2,25)26)18-20-15-12-11-13-16-20/h20-21H,3-19H2,1-2H3,(H,23,24)/t21-/m0/s1. The molecule has 1 atom stereocenters. The largest absolute Gasteiger partial charge is 0.351 e. The molecule has 0 aromatic rings. The lowest BCUT2D eigenvalue weighted by molar-refractivity contribution is -0.122. The van der Waals surface area contributed by atoms with Gasteiger partial charge >= 0.3 is 0 Å². The summed E-state index contributed by atoms with van der Waals surface area (Å²) in [6.45, 7) is 2.29. The Kier molecular flexibility index (Phi) is 13.8. The fourth-order valence-electron chi connectivity index (χ4n) is 4.10. The summed E-state index contributed by atoms with van der Waals surface area (Å²) in [5.41, 5.74) is 0. The molecule has 1 amide bonds. The van der Waals surface area contributed by atoms with Gasteiger partial charge in [-0.2, -0.15) is 8.42 Å². The van der Waals surface area contributed by atoms with Crippen LogP contribution in [0.15, 0.2) is 0 Å². The molecule has 0 saturated heterocycles. The first-order valence-electron chi connectivity index (χ1n) is 11.5. The van der Waals surface area contributed by atoms with Gasteiger partial charge in [0.25, 0.3) is 10.1 Å². The number of nitrogens with one attached hydrogen (secondary N) is 1. The van der Waals surface area contributed by atoms with Crippen LogP contribution in [0.3, 0.4) is 0 Å². The van der Waals surface area contributed by atoms with Gasteiger partial charge in [0.05, 0.1) is 18.9 Å². The summed E-state index contributed by atoms with van der Waals surface area (Å²) >= 11 is 0. The number of carbonyl (C=O) groups excluding carboxylic acids is 1. The molecule has 0 spiro atoms. The topological polar surface area (TPSA) is 72.5 Å². The van der Waals surface area contributed by atoms with E-state index in [0.717, 1.165) is 25.5 Å². The third kappa shape index (κ3) is 14.4. The molecular formula is C22H43NO4S. The maximum atomic E-state index is 12.3. The smallest absolute Gasteiger partial charge is 0.264 e. The molecule has 0 bridgehead atoms. The van der Waals surface area contributed by atoms with Crippen molar-refractivity contribution in [3.63, 3.8) is 0 Å². The third-order valence-electron chi connectivity index (χ3n) is 5.70. The van der Waals surface area contributed by atoms with Gasteiger partial charge in [0.2, 0.25) is 5.91 Å². The molecule has 1 rings (SSSR count). The second-order valence-electron chi connectivity index (χ2n) is 8.57. The summed E-state index contributed by atoms with van der Waals surface area (Å²) in [5, 5.41) is 3.03. The van der Waals surface area contributed by atoms with Crippen molar-refractivity contribution in [2.24, 2.45) is 5.92 Å². The monoisotopic (exact) mass is 417 g/mol. The molecule has 1 aliphatic carbocycles. The first-order valence-corrected chi connectivity index (χ1v) is 13.4. The average Bonchev–Trinajstić information content (AvgIpc) is 2.65. The highest BCUT2D eigenvalue weighted by Gasteiger charge is 2.22. The van der Waals surface area contributed by atoms with Crippen molar-refractivity contribution in [2.75, 3.05) is 12.9 Å². The molecule has 0 heterocycles. The van der Waals surface area contributed by atoms with Crippen LogP contribution in [0.1, 0.15) is 110 Å². The van der Waals surface area contributed by atoms with Crippen LogP contribution < -0.4 is 5.32 Å². The van der Waals surface area contributed by atoms with E-state index in [1.54, 1.807) is 0 Å². The number of rotatable bonds is 16. The minimum Gasteiger partial charge on any atom is -0.351 e. The number of unbranched alkanes of at least 4 members (excludes halogenated alkanes) is 8. The first-order chi connectivity index (χ1) is 13.4. The fraction of sp³-hybridized carbons (Fsp3) is 0.955. The van der Waals surface area contributed by atoms with Crippen LogP contribution in [0.2, 0.25) is 0 Å². The van der Waals surface area contributed by atoms with Crippen LogP contribution >= 0.6 is 0 Å². The van der Waals surface area contributed by atoms with Gasteiger partial charge in [-0.15, -0.1) is 0 Å². The molecule has 0 aliphatic heterocycles. The zero-order valence-electron chi connectivity index (χ0n) is 18.2. The Bertz CT molecular complexity index is 501. The lowest BCUT2D eigenvalue weighted by atomic mass is 9.85. The molecular weight excluding hydrogens is 374 g/mol. The molecule has 0 aromatic carbocycles. The van der Waals surface area contributed by atoms with Crippen molar-refractivity contribution in [1.82, 2.24) is 5.32 Å². The van der Waals surface area contributed by atoms with Gasteiger partial charge in [0, 0.05) is 6.42 Å². The molecule has 1 aliphatic rings. The van der Waals surface area contributed by atoms with Crippen LogP contribution in [0.25, 0.3) is 0 Å². The van der Waals surface area contributed by atoms with Crippen LogP contribution in [-0.4, -0.2) is 33.2 Å². The molecule has 1 fully saturated rings. The molecule has 0 unspecified atom stereocenters. The van der Waals surface area contributed by atoms with E-state index in [2.05, 4.69) is 12.2 Å². The quantitative estimate of drug-likeness (QED) is 0.272. The predicted molar refractivity (Wildman–Crippen MR) is 116 cm³/mol. The average molecular weight is 418 g/mol. The number of carbonyl (C=O) groups is 1. The van der Waals surface area contributed by atoms with Crippen LogP contribution in [0.5, 0.6) is 0 Å². The van der Waals surface area contributed by atoms with Crippen LogP contribution in [0, 0.1) is 5.92 Å². The Labute approximate surface area is 173 Å². The molecule has 28 heavy (non-hydrogen) atoms. The lowest BCUT2D eigenvalue weighted by Crippen LogP contribution is -2.40. The minimum atomic E-state index is -3.48. The maximum Gasteiger partial charge on any atom is 0.264 e. The second kappa shape index (κ2) is 15.3. The van der Waals surface area contributed by atoms with E-state index in [-0.39, 0.29) is 18.6 Å². The van der Waals surface area contributed by atoms with Crippen LogP contribution in [0.4, 0.5) is 0 Å². The van der Waals surface area contributed by atoms with Crippen molar-refractivity contribution in [3.05, 3.63) is 0 Å². The first kappa shape index (κ1) is 25.4. The van der Waals surface area contributed by atoms with Gasteiger partial charge in [0.1, 0.15) is 0 Å². The molecule has 6 heteroatoms. The Morgan fingerprint density at radius 3 is 2.11 bits per heavy atom. The number of amides is 1. The van der Waals surface area contributed by atoms with E-state index in [1.165, 1.54) is 77.0 Å². The van der Waals surface area contributed by atoms with E-state index in [1.807, 2.05) is 0 Å². The van der Waals surface area contributed by atoms with Gasteiger partial charge < -0.3 is 5.32 Å². The highest BCUT2D eigenvalue weighted by molar-refractivity contribution is 7.85. The van der Waals surface area contributed by atoms with E-state index in [9.17, 15) is 13.2 Å². The molecule has 0 aromatic heterocycles. The zero-order chi connectivity index (χ0) is 20.7. The lowest BCUT2D eigenvalue weighted by Gasteiger charge is -2.27. The van der Waals surface area contributed by atoms with Crippen LogP contribution in [-0.2, 0) is 19.1 Å². The summed E-state index contributed by atoms with van der Waals surface area (Å²) < 4.78 is 27.7. The van der Waals surface area contributed by atoms with Gasteiger partial charge in [0.15, 0.2) is 0 Å². The highest BCUT2D eigenvalue weighted by Crippen LogP contribution is 2.27. The van der Waals surface area contributed by atoms with E-state index >= 15 is 0 Å². The highest BCUT2D eigenvalue weighted by atomic mass is 32.2. The van der Waals surface area contributed by atoms with E-state index in [0.29, 0.717) is 12.3 Å². The van der Waals surface area contributed by atoms with Gasteiger partial charge in [-0.1, -0.05) is 90.4 Å². The number of hydrogen-bond donors (Lipinski definition) is 1. The Morgan fingerprint density at radius 1 is 0.964 bits per heavy atom. The van der Waals surface area contributed by atoms with Crippen molar-refractivity contribution in [3.8, 4) is 0 Å². The summed E-state index contributed by atoms with van der Waals surface area (Å²) in [4.78, 5) is 12.3. The summed E-state index contributed by atoms with van der Waals surface area (Å²) in [5.74, 6) is 0.593. The molecule has 1 saturated carbocycles. The Hall–Kier alpha value is -0.620. The molecule has 1 N–H and O–H groups in total. The third-order valence-corrected chi connectivity index (χ3v) is 6.26. The van der Waals surface area contributed by atoms with Crippen molar-refractivity contribution in [2.45, 2.75) is 116 Å². The maximum absolute atomic E-state index is 12.3. The number of hydrogen-bond acceptors (Lipinski definition) is 4. The SMILES string of the molecule is CCCCCCCCCCCC(=O)N[C@H](COS(C)(=O)=O)CC1CCCCC1.